The maximum atomic E-state index is 12.1. The monoisotopic (exact) mass is 176 g/mol. The van der Waals surface area contributed by atoms with Crippen LogP contribution in [-0.2, 0) is 0 Å². The molecule has 68 valence electrons. The first-order valence-corrected chi connectivity index (χ1v) is 3.98. The van der Waals surface area contributed by atoms with E-state index in [4.69, 9.17) is 0 Å². The first-order valence-electron chi connectivity index (χ1n) is 3.98. The summed E-state index contributed by atoms with van der Waals surface area (Å²) in [6.07, 6.45) is 1.25. The summed E-state index contributed by atoms with van der Waals surface area (Å²) in [4.78, 5) is 0. The zero-order chi connectivity index (χ0) is 9.19. The van der Waals surface area contributed by atoms with E-state index < -0.39 is 11.7 Å². The summed E-state index contributed by atoms with van der Waals surface area (Å²) < 4.78 is 36.4. The van der Waals surface area contributed by atoms with Gasteiger partial charge in [-0.3, -0.25) is 0 Å². The zero-order valence-corrected chi connectivity index (χ0v) is 6.86. The molecule has 0 aromatic carbocycles. The Labute approximate surface area is 69.8 Å². The molecule has 0 nitrogen and oxygen atoms in total. The summed E-state index contributed by atoms with van der Waals surface area (Å²) in [7, 11) is 0. The molecule has 0 fully saturated rings. The van der Waals surface area contributed by atoms with Gasteiger partial charge in [0.1, 0.15) is 0 Å². The Hall–Kier alpha value is -0.730. The Morgan fingerprint density at radius 2 is 2.17 bits per heavy atom. The predicted octanol–water partition coefficient (Wildman–Crippen LogP) is 3.46. The fourth-order valence-corrected chi connectivity index (χ4v) is 1.24. The van der Waals surface area contributed by atoms with Gasteiger partial charge in [-0.25, -0.2) is 0 Å². The number of hydrogen-bond acceptors (Lipinski definition) is 0. The fourth-order valence-electron chi connectivity index (χ4n) is 1.24. The SMILES string of the molecule is CCC1C=CC=C(C(F)(F)F)C1. The highest BCUT2D eigenvalue weighted by molar-refractivity contribution is 5.23. The third kappa shape index (κ3) is 2.13. The highest BCUT2D eigenvalue weighted by Crippen LogP contribution is 2.33. The van der Waals surface area contributed by atoms with E-state index in [1.165, 1.54) is 6.08 Å². The zero-order valence-electron chi connectivity index (χ0n) is 6.86. The van der Waals surface area contributed by atoms with E-state index in [0.29, 0.717) is 0 Å². The number of rotatable bonds is 1. The average molecular weight is 176 g/mol. The standard InChI is InChI=1S/C9H11F3/c1-2-7-4-3-5-8(6-7)9(10,11)12/h3-5,7H,2,6H2,1H3. The van der Waals surface area contributed by atoms with Gasteiger partial charge < -0.3 is 0 Å². The van der Waals surface area contributed by atoms with E-state index in [0.717, 1.165) is 12.5 Å². The van der Waals surface area contributed by atoms with Gasteiger partial charge in [0.15, 0.2) is 0 Å². The van der Waals surface area contributed by atoms with Crippen molar-refractivity contribution < 1.29 is 13.2 Å². The van der Waals surface area contributed by atoms with E-state index in [9.17, 15) is 13.2 Å². The van der Waals surface area contributed by atoms with E-state index in [1.807, 2.05) is 13.0 Å². The molecule has 0 spiro atoms. The van der Waals surface area contributed by atoms with Crippen molar-refractivity contribution in [2.24, 2.45) is 5.92 Å². The highest BCUT2D eigenvalue weighted by Gasteiger charge is 2.34. The van der Waals surface area contributed by atoms with Crippen LogP contribution in [0.5, 0.6) is 0 Å². The quantitative estimate of drug-likeness (QED) is 0.574. The Bertz CT molecular complexity index is 210. The van der Waals surface area contributed by atoms with Crippen molar-refractivity contribution in [2.75, 3.05) is 0 Å². The lowest BCUT2D eigenvalue weighted by Gasteiger charge is -2.18. The van der Waals surface area contributed by atoms with Crippen LogP contribution in [0.2, 0.25) is 0 Å². The van der Waals surface area contributed by atoms with Crippen LogP contribution in [0.1, 0.15) is 19.8 Å². The Kier molecular flexibility index (Phi) is 2.60. The topological polar surface area (TPSA) is 0 Å². The molecule has 3 heteroatoms. The molecule has 0 N–H and O–H groups in total. The second kappa shape index (κ2) is 3.33. The summed E-state index contributed by atoms with van der Waals surface area (Å²) in [5, 5.41) is 0. The van der Waals surface area contributed by atoms with Crippen LogP contribution in [0, 0.1) is 5.92 Å². The molecular formula is C9H11F3. The van der Waals surface area contributed by atoms with Crippen LogP contribution in [-0.4, -0.2) is 6.18 Å². The van der Waals surface area contributed by atoms with Crippen LogP contribution in [0.25, 0.3) is 0 Å². The molecule has 0 saturated carbocycles. The van der Waals surface area contributed by atoms with Gasteiger partial charge in [-0.2, -0.15) is 13.2 Å². The van der Waals surface area contributed by atoms with Gasteiger partial charge in [0.2, 0.25) is 0 Å². The molecule has 0 saturated heterocycles. The van der Waals surface area contributed by atoms with Crippen molar-refractivity contribution in [3.05, 3.63) is 23.8 Å². The lowest BCUT2D eigenvalue weighted by atomic mass is 9.92. The van der Waals surface area contributed by atoms with Gasteiger partial charge in [-0.15, -0.1) is 0 Å². The van der Waals surface area contributed by atoms with Gasteiger partial charge in [0.25, 0.3) is 0 Å². The molecule has 0 bridgehead atoms. The molecule has 0 aromatic heterocycles. The van der Waals surface area contributed by atoms with Gasteiger partial charge in [0.05, 0.1) is 0 Å². The molecule has 1 aliphatic carbocycles. The van der Waals surface area contributed by atoms with E-state index >= 15 is 0 Å². The number of hydrogen-bond donors (Lipinski definition) is 0. The number of allylic oxidation sites excluding steroid dienone is 4. The molecule has 1 unspecified atom stereocenters. The van der Waals surface area contributed by atoms with E-state index in [2.05, 4.69) is 0 Å². The van der Waals surface area contributed by atoms with Crippen LogP contribution < -0.4 is 0 Å². The summed E-state index contributed by atoms with van der Waals surface area (Å²) in [6.45, 7) is 1.90. The van der Waals surface area contributed by atoms with Gasteiger partial charge in [-0.1, -0.05) is 25.2 Å². The maximum absolute atomic E-state index is 12.1. The second-order valence-electron chi connectivity index (χ2n) is 2.95. The van der Waals surface area contributed by atoms with Crippen molar-refractivity contribution in [3.63, 3.8) is 0 Å². The largest absolute Gasteiger partial charge is 0.412 e. The Balaban J connectivity index is 2.70. The molecule has 0 amide bonds. The third-order valence-corrected chi connectivity index (χ3v) is 2.05. The van der Waals surface area contributed by atoms with Crippen LogP contribution in [0.4, 0.5) is 13.2 Å². The third-order valence-electron chi connectivity index (χ3n) is 2.05. The smallest absolute Gasteiger partial charge is 0.166 e. The molecule has 1 aliphatic rings. The molecule has 1 rings (SSSR count). The van der Waals surface area contributed by atoms with Crippen molar-refractivity contribution >= 4 is 0 Å². The number of halogens is 3. The Morgan fingerprint density at radius 1 is 1.50 bits per heavy atom. The lowest BCUT2D eigenvalue weighted by molar-refractivity contribution is -0.0951. The van der Waals surface area contributed by atoms with Crippen molar-refractivity contribution in [3.8, 4) is 0 Å². The minimum Gasteiger partial charge on any atom is -0.166 e. The molecule has 12 heavy (non-hydrogen) atoms. The minimum absolute atomic E-state index is 0.0617. The predicted molar refractivity (Wildman–Crippen MR) is 41.7 cm³/mol. The summed E-state index contributed by atoms with van der Waals surface area (Å²) in [6, 6.07) is 0. The highest BCUT2D eigenvalue weighted by atomic mass is 19.4. The normalized spacial score (nSPS) is 24.0. The lowest BCUT2D eigenvalue weighted by Crippen LogP contribution is -2.16. The number of alkyl halides is 3. The van der Waals surface area contributed by atoms with E-state index in [1.54, 1.807) is 0 Å². The van der Waals surface area contributed by atoms with Crippen LogP contribution >= 0.6 is 0 Å². The van der Waals surface area contributed by atoms with Gasteiger partial charge in [-0.05, 0) is 18.8 Å². The second-order valence-corrected chi connectivity index (χ2v) is 2.95. The maximum Gasteiger partial charge on any atom is 0.412 e. The van der Waals surface area contributed by atoms with Gasteiger partial charge >= 0.3 is 6.18 Å². The average Bonchev–Trinajstić information content (AvgIpc) is 2.03. The molecule has 0 aromatic rings. The summed E-state index contributed by atoms with van der Waals surface area (Å²) in [5.74, 6) is 0.0617. The van der Waals surface area contributed by atoms with Crippen molar-refractivity contribution in [1.82, 2.24) is 0 Å². The van der Waals surface area contributed by atoms with Crippen molar-refractivity contribution in [1.29, 1.82) is 0 Å². The molecule has 0 radical (unpaired) electrons. The molecule has 0 heterocycles. The molecule has 0 aliphatic heterocycles. The van der Waals surface area contributed by atoms with Gasteiger partial charge in [0, 0.05) is 5.57 Å². The van der Waals surface area contributed by atoms with Crippen LogP contribution in [0.3, 0.4) is 0 Å². The molecular weight excluding hydrogens is 165 g/mol. The Morgan fingerprint density at radius 3 is 2.67 bits per heavy atom. The molecule has 1 atom stereocenters. The fraction of sp³-hybridized carbons (Fsp3) is 0.556. The van der Waals surface area contributed by atoms with Crippen molar-refractivity contribution in [2.45, 2.75) is 25.9 Å². The van der Waals surface area contributed by atoms with Crippen LogP contribution in [0.15, 0.2) is 23.8 Å². The summed E-state index contributed by atoms with van der Waals surface area (Å²) >= 11 is 0. The first kappa shape index (κ1) is 9.36. The summed E-state index contributed by atoms with van der Waals surface area (Å²) in [5.41, 5.74) is -0.406. The minimum atomic E-state index is -4.14. The first-order chi connectivity index (χ1) is 5.54. The van der Waals surface area contributed by atoms with E-state index in [-0.39, 0.29) is 12.3 Å².